The quantitative estimate of drug-likeness (QED) is 0.170. The van der Waals surface area contributed by atoms with Gasteiger partial charge in [0, 0.05) is 34.5 Å². The van der Waals surface area contributed by atoms with Gasteiger partial charge in [-0.25, -0.2) is 15.0 Å². The van der Waals surface area contributed by atoms with Crippen molar-refractivity contribution in [3.8, 4) is 78.7 Å². The molecule has 4 fully saturated rings. The first-order valence-electron chi connectivity index (χ1n) is 21.0. The summed E-state index contributed by atoms with van der Waals surface area (Å²) < 4.78 is 0. The molecule has 0 amide bonds. The lowest BCUT2D eigenvalue weighted by Crippen LogP contribution is -2.55. The van der Waals surface area contributed by atoms with E-state index in [9.17, 15) is 0 Å². The highest BCUT2D eigenvalue weighted by atomic mass is 15.0. The normalized spacial score (nSPS) is 22.2. The third kappa shape index (κ3) is 5.35. The van der Waals surface area contributed by atoms with Crippen molar-refractivity contribution in [3.63, 3.8) is 0 Å². The molecule has 8 aromatic rings. The van der Waals surface area contributed by atoms with Crippen molar-refractivity contribution in [3.05, 3.63) is 181 Å². The average molecular weight is 747 g/mol. The van der Waals surface area contributed by atoms with Crippen LogP contribution in [0.25, 0.3) is 78.7 Å². The number of fused-ring (bicyclic) bond motifs is 3. The summed E-state index contributed by atoms with van der Waals surface area (Å²) in [5.41, 5.74) is 16.0. The molecule has 0 saturated heterocycles. The van der Waals surface area contributed by atoms with Gasteiger partial charge in [0.05, 0.1) is 0 Å². The minimum atomic E-state index is 0.0992. The molecule has 58 heavy (non-hydrogen) atoms. The van der Waals surface area contributed by atoms with Crippen LogP contribution in [0.2, 0.25) is 0 Å². The van der Waals surface area contributed by atoms with Crippen LogP contribution in [0.5, 0.6) is 0 Å². The van der Waals surface area contributed by atoms with Crippen LogP contribution in [0.1, 0.15) is 43.2 Å². The molecule has 0 N–H and O–H groups in total. The lowest BCUT2D eigenvalue weighted by atomic mass is 9.43. The van der Waals surface area contributed by atoms with Crippen LogP contribution in [-0.2, 0) is 5.41 Å². The van der Waals surface area contributed by atoms with Crippen molar-refractivity contribution in [2.45, 2.75) is 37.5 Å². The monoisotopic (exact) mass is 746 g/mol. The highest BCUT2D eigenvalue weighted by Gasteiger charge is 2.61. The Hall–Kier alpha value is -6.52. The largest absolute Gasteiger partial charge is 0.265 e. The fourth-order valence-corrected chi connectivity index (χ4v) is 11.8. The van der Waals surface area contributed by atoms with E-state index in [1.54, 1.807) is 11.1 Å². The molecule has 0 atom stereocenters. The molecular weight excluding hydrogens is 705 g/mol. The van der Waals surface area contributed by atoms with Gasteiger partial charge in [0.25, 0.3) is 0 Å². The minimum absolute atomic E-state index is 0.0992. The van der Waals surface area contributed by atoms with E-state index < -0.39 is 0 Å². The first-order chi connectivity index (χ1) is 28.7. The summed E-state index contributed by atoms with van der Waals surface area (Å²) in [6.45, 7) is 0. The number of rotatable bonds is 6. The van der Waals surface area contributed by atoms with Crippen LogP contribution in [0.15, 0.2) is 170 Å². The van der Waals surface area contributed by atoms with Gasteiger partial charge in [-0.05, 0) is 148 Å². The summed E-state index contributed by atoms with van der Waals surface area (Å²) in [6, 6.07) is 57.2. The predicted octanol–water partition coefficient (Wildman–Crippen LogP) is 13.0. The zero-order chi connectivity index (χ0) is 38.2. The second-order valence-corrected chi connectivity index (χ2v) is 17.1. The van der Waals surface area contributed by atoms with Crippen LogP contribution in [-0.4, -0.2) is 19.9 Å². The Morgan fingerprint density at radius 3 is 1.43 bits per heavy atom. The van der Waals surface area contributed by atoms with Gasteiger partial charge in [-0.3, -0.25) is 4.98 Å². The van der Waals surface area contributed by atoms with E-state index >= 15 is 0 Å². The Balaban J connectivity index is 1.05. The predicted molar refractivity (Wildman–Crippen MR) is 233 cm³/mol. The Morgan fingerprint density at radius 2 is 0.810 bits per heavy atom. The van der Waals surface area contributed by atoms with Gasteiger partial charge in [0.1, 0.15) is 0 Å². The fourth-order valence-electron chi connectivity index (χ4n) is 11.8. The van der Waals surface area contributed by atoms with Gasteiger partial charge < -0.3 is 0 Å². The van der Waals surface area contributed by atoms with Gasteiger partial charge in [-0.1, -0.05) is 121 Å². The molecule has 4 saturated carbocycles. The molecule has 4 nitrogen and oxygen atoms in total. The lowest BCUT2D eigenvalue weighted by molar-refractivity contribution is -0.0399. The summed E-state index contributed by atoms with van der Waals surface area (Å²) in [4.78, 5) is 19.6. The van der Waals surface area contributed by atoms with E-state index in [1.165, 1.54) is 59.9 Å². The number of hydrogen-bond acceptors (Lipinski definition) is 4. The van der Waals surface area contributed by atoms with Crippen molar-refractivity contribution in [2.75, 3.05) is 0 Å². The minimum Gasteiger partial charge on any atom is -0.265 e. The van der Waals surface area contributed by atoms with Crippen LogP contribution in [0.4, 0.5) is 0 Å². The lowest BCUT2D eigenvalue weighted by Gasteiger charge is -2.61. The van der Waals surface area contributed by atoms with Gasteiger partial charge in [0.2, 0.25) is 0 Å². The third-order valence-corrected chi connectivity index (χ3v) is 14.0. The molecule has 6 aromatic carbocycles. The average Bonchev–Trinajstić information content (AvgIpc) is 3.58. The number of benzene rings is 6. The Morgan fingerprint density at radius 1 is 0.345 bits per heavy atom. The molecule has 2 heterocycles. The maximum Gasteiger partial charge on any atom is 0.164 e. The standard InChI is InChI=1S/C54H42N4/c1-3-9-39(10-4-1)51-56-52(40-11-5-2-6-12-40)58-53(57-51)44-31-42(37-17-15-36(16-18-37)38-21-23-55-24-22-38)30-43(32-44)41-19-20-48-47-13-7-8-14-49(47)54(50(48)33-41)45-26-34-25-35(28-45)29-46(54)27-34/h1-24,30-35,45-46H,25-29H2. The Kier molecular flexibility index (Phi) is 7.69. The van der Waals surface area contributed by atoms with Crippen LogP contribution < -0.4 is 0 Å². The van der Waals surface area contributed by atoms with Crippen molar-refractivity contribution in [2.24, 2.45) is 23.7 Å². The summed E-state index contributed by atoms with van der Waals surface area (Å²) >= 11 is 0. The van der Waals surface area contributed by atoms with Crippen LogP contribution in [0.3, 0.4) is 0 Å². The van der Waals surface area contributed by atoms with Gasteiger partial charge in [-0.15, -0.1) is 0 Å². The molecule has 2 aromatic heterocycles. The molecule has 4 heteroatoms. The summed E-state index contributed by atoms with van der Waals surface area (Å²) in [5, 5.41) is 0. The first-order valence-corrected chi connectivity index (χ1v) is 21.0. The maximum atomic E-state index is 5.20. The zero-order valence-electron chi connectivity index (χ0n) is 32.3. The fraction of sp³-hybridized carbons (Fsp3) is 0.185. The molecule has 0 radical (unpaired) electrons. The van der Waals surface area contributed by atoms with E-state index in [1.807, 2.05) is 48.8 Å². The number of aromatic nitrogens is 4. The highest BCUT2D eigenvalue weighted by molar-refractivity contribution is 5.87. The van der Waals surface area contributed by atoms with Gasteiger partial charge >= 0.3 is 0 Å². The smallest absolute Gasteiger partial charge is 0.164 e. The van der Waals surface area contributed by atoms with E-state index in [0.717, 1.165) is 45.2 Å². The second kappa shape index (κ2) is 13.3. The van der Waals surface area contributed by atoms with E-state index in [4.69, 9.17) is 15.0 Å². The molecule has 4 bridgehead atoms. The molecule has 278 valence electrons. The van der Waals surface area contributed by atoms with Gasteiger partial charge in [-0.2, -0.15) is 0 Å². The summed E-state index contributed by atoms with van der Waals surface area (Å²) in [6.07, 6.45) is 10.6. The van der Waals surface area contributed by atoms with E-state index in [2.05, 4.69) is 126 Å². The van der Waals surface area contributed by atoms with Crippen molar-refractivity contribution < 1.29 is 0 Å². The highest BCUT2D eigenvalue weighted by Crippen LogP contribution is 2.69. The number of nitrogens with zero attached hydrogens (tertiary/aromatic N) is 4. The molecule has 13 rings (SSSR count). The number of pyridine rings is 1. The Labute approximate surface area is 339 Å². The third-order valence-electron chi connectivity index (χ3n) is 14.0. The van der Waals surface area contributed by atoms with Crippen LogP contribution in [0, 0.1) is 23.7 Å². The molecule has 0 unspecified atom stereocenters. The van der Waals surface area contributed by atoms with Crippen LogP contribution >= 0.6 is 0 Å². The molecule has 5 aliphatic rings. The van der Waals surface area contributed by atoms with Gasteiger partial charge in [0.15, 0.2) is 17.5 Å². The van der Waals surface area contributed by atoms with E-state index in [0.29, 0.717) is 29.3 Å². The summed E-state index contributed by atoms with van der Waals surface area (Å²) in [7, 11) is 0. The molecule has 1 spiro atoms. The zero-order valence-corrected chi connectivity index (χ0v) is 32.3. The SMILES string of the molecule is c1ccc(-c2nc(-c3ccccc3)nc(-c3cc(-c4ccc(-c5ccncc5)cc4)cc(-c4ccc5c(c4)C4(c6ccccc6-5)C5CC6CC(C5)CC4C6)c3)n2)cc1. The molecule has 5 aliphatic carbocycles. The maximum absolute atomic E-state index is 5.20. The second-order valence-electron chi connectivity index (χ2n) is 17.1. The first kappa shape index (κ1) is 33.6. The Bertz CT molecular complexity index is 2750. The van der Waals surface area contributed by atoms with Crippen molar-refractivity contribution in [1.82, 2.24) is 19.9 Å². The molecule has 0 aliphatic heterocycles. The topological polar surface area (TPSA) is 51.6 Å². The van der Waals surface area contributed by atoms with Crippen molar-refractivity contribution in [1.29, 1.82) is 0 Å². The summed E-state index contributed by atoms with van der Waals surface area (Å²) in [5.74, 6) is 5.21. The van der Waals surface area contributed by atoms with Crippen molar-refractivity contribution >= 4 is 0 Å². The van der Waals surface area contributed by atoms with E-state index in [-0.39, 0.29) is 5.41 Å². The molecular formula is C54H42N4. The number of hydrogen-bond donors (Lipinski definition) is 0.